The topological polar surface area (TPSA) is 0 Å². The minimum Gasteiger partial charge on any atom is -0.358 e. The summed E-state index contributed by atoms with van der Waals surface area (Å²) < 4.78 is 0. The van der Waals surface area contributed by atoms with Crippen molar-refractivity contribution in [1.82, 2.24) is 0 Å². The molecule has 0 saturated heterocycles. The fraction of sp³-hybridized carbons (Fsp3) is 0.875. The van der Waals surface area contributed by atoms with Crippen molar-refractivity contribution in [2.24, 2.45) is 0 Å². The van der Waals surface area contributed by atoms with Crippen molar-refractivity contribution in [3.63, 3.8) is 0 Å². The van der Waals surface area contributed by atoms with Gasteiger partial charge in [0.25, 0.3) is 0 Å². The van der Waals surface area contributed by atoms with E-state index in [2.05, 4.69) is 18.5 Å². The predicted molar refractivity (Wildman–Crippen MR) is 104 cm³/mol. The minimum atomic E-state index is 0. The van der Waals surface area contributed by atoms with Gasteiger partial charge in [-0.2, -0.15) is 0 Å². The molecular formula is C16H44FeP2. The molecule has 0 aromatic carbocycles. The molecular weight excluding hydrogens is 310 g/mol. The molecule has 2 aliphatic carbocycles. The molecule has 2 fully saturated rings. The SMILES string of the molecule is C.C.C.C.PC1CCCC1.PC1CCCC1.[CH3-].[CH3-].[Fe+2]. The van der Waals surface area contributed by atoms with Gasteiger partial charge in [-0.15, -0.1) is 18.5 Å². The van der Waals surface area contributed by atoms with Crippen molar-refractivity contribution in [1.29, 1.82) is 0 Å². The Labute approximate surface area is 142 Å². The van der Waals surface area contributed by atoms with Crippen molar-refractivity contribution >= 4 is 18.5 Å². The van der Waals surface area contributed by atoms with Crippen LogP contribution in [0.2, 0.25) is 0 Å². The molecule has 2 rings (SSSR count). The molecule has 0 heterocycles. The molecule has 0 spiro atoms. The molecule has 0 bridgehead atoms. The molecule has 0 aliphatic heterocycles. The maximum absolute atomic E-state index is 2.87. The summed E-state index contributed by atoms with van der Waals surface area (Å²) >= 11 is 0. The zero-order chi connectivity index (χ0) is 8.81. The first-order valence-corrected chi connectivity index (χ1v) is 6.63. The maximum Gasteiger partial charge on any atom is 2.00 e. The molecule has 0 amide bonds. The Morgan fingerprint density at radius 3 is 0.737 bits per heavy atom. The van der Waals surface area contributed by atoms with Gasteiger partial charge in [0, 0.05) is 0 Å². The summed E-state index contributed by atoms with van der Waals surface area (Å²) in [5, 5.41) is 0. The van der Waals surface area contributed by atoms with Crippen molar-refractivity contribution in [2.45, 2.75) is 92.4 Å². The van der Waals surface area contributed by atoms with E-state index >= 15 is 0 Å². The van der Waals surface area contributed by atoms with Crippen molar-refractivity contribution < 1.29 is 17.1 Å². The van der Waals surface area contributed by atoms with Crippen molar-refractivity contribution in [2.75, 3.05) is 0 Å². The Morgan fingerprint density at radius 2 is 0.684 bits per heavy atom. The van der Waals surface area contributed by atoms with E-state index in [4.69, 9.17) is 0 Å². The molecule has 0 nitrogen and oxygen atoms in total. The van der Waals surface area contributed by atoms with Crippen LogP contribution < -0.4 is 0 Å². The van der Waals surface area contributed by atoms with Gasteiger partial charge in [-0.25, -0.2) is 0 Å². The van der Waals surface area contributed by atoms with Crippen LogP contribution in [-0.2, 0) is 17.1 Å². The van der Waals surface area contributed by atoms with E-state index in [1.807, 2.05) is 0 Å². The molecule has 0 aromatic heterocycles. The Kier molecular flexibility index (Phi) is 62.3. The van der Waals surface area contributed by atoms with E-state index in [1.54, 1.807) is 0 Å². The van der Waals surface area contributed by atoms with Gasteiger partial charge in [-0.3, -0.25) is 0 Å². The molecule has 2 atom stereocenters. The van der Waals surface area contributed by atoms with E-state index in [9.17, 15) is 0 Å². The summed E-state index contributed by atoms with van der Waals surface area (Å²) in [4.78, 5) is 0. The smallest absolute Gasteiger partial charge is 0.358 e. The van der Waals surface area contributed by atoms with E-state index < -0.39 is 0 Å². The van der Waals surface area contributed by atoms with Gasteiger partial charge in [-0.1, -0.05) is 55.4 Å². The molecule has 0 aromatic rings. The van der Waals surface area contributed by atoms with Gasteiger partial charge >= 0.3 is 17.1 Å². The number of rotatable bonds is 0. The minimum absolute atomic E-state index is 0. The summed E-state index contributed by atoms with van der Waals surface area (Å²) in [5.74, 6) is 0. The molecule has 2 aliphatic rings. The van der Waals surface area contributed by atoms with Crippen LogP contribution in [0.15, 0.2) is 0 Å². The summed E-state index contributed by atoms with van der Waals surface area (Å²) in [6, 6.07) is 0. The second-order valence-electron chi connectivity index (χ2n) is 4.09. The van der Waals surface area contributed by atoms with Gasteiger partial charge in [-0.05, 0) is 37.0 Å². The quantitative estimate of drug-likeness (QED) is 0.248. The van der Waals surface area contributed by atoms with Gasteiger partial charge in [0.05, 0.1) is 0 Å². The molecule has 0 radical (unpaired) electrons. The number of hydrogen-bond acceptors (Lipinski definition) is 0. The summed E-state index contributed by atoms with van der Waals surface area (Å²) in [6.45, 7) is 0. The molecule has 2 unspecified atom stereocenters. The number of hydrogen-bond donors (Lipinski definition) is 0. The Bertz CT molecular complexity index is 95.3. The summed E-state index contributed by atoms with van der Waals surface area (Å²) in [7, 11) is 5.75. The van der Waals surface area contributed by atoms with Gasteiger partial charge < -0.3 is 14.9 Å². The Morgan fingerprint density at radius 1 is 0.526 bits per heavy atom. The maximum atomic E-state index is 2.87. The van der Waals surface area contributed by atoms with Gasteiger partial charge in [0.2, 0.25) is 0 Å². The fourth-order valence-corrected chi connectivity index (χ4v) is 2.86. The first kappa shape index (κ1) is 42.8. The Balaban J connectivity index is -0.0000000222. The molecule has 126 valence electrons. The average molecular weight is 354 g/mol. The monoisotopic (exact) mass is 354 g/mol. The zero-order valence-corrected chi connectivity index (χ0v) is 13.7. The van der Waals surface area contributed by atoms with Crippen LogP contribution in [0.1, 0.15) is 81.1 Å². The van der Waals surface area contributed by atoms with Gasteiger partial charge in [0.15, 0.2) is 0 Å². The van der Waals surface area contributed by atoms with Crippen molar-refractivity contribution in [3.05, 3.63) is 14.9 Å². The van der Waals surface area contributed by atoms with Crippen LogP contribution in [0.4, 0.5) is 0 Å². The first-order valence-electron chi connectivity index (χ1n) is 5.30. The third kappa shape index (κ3) is 24.7. The zero-order valence-electron chi connectivity index (χ0n) is 10.3. The molecule has 3 heteroatoms. The average Bonchev–Trinajstić information content (AvgIpc) is 2.63. The van der Waals surface area contributed by atoms with Crippen LogP contribution in [-0.4, -0.2) is 11.3 Å². The third-order valence-corrected chi connectivity index (χ3v) is 4.13. The molecule has 0 N–H and O–H groups in total. The van der Waals surface area contributed by atoms with Crippen molar-refractivity contribution in [3.8, 4) is 0 Å². The summed E-state index contributed by atoms with van der Waals surface area (Å²) in [5.41, 5.74) is 1.93. The predicted octanol–water partition coefficient (Wildman–Crippen LogP) is 7.05. The molecule has 2 saturated carbocycles. The van der Waals surface area contributed by atoms with Crippen LogP contribution in [0.25, 0.3) is 0 Å². The fourth-order valence-electron chi connectivity index (χ4n) is 1.91. The van der Waals surface area contributed by atoms with E-state index in [0.717, 1.165) is 11.3 Å². The van der Waals surface area contributed by atoms with Crippen LogP contribution >= 0.6 is 18.5 Å². The summed E-state index contributed by atoms with van der Waals surface area (Å²) in [6.07, 6.45) is 11.7. The van der Waals surface area contributed by atoms with Crippen LogP contribution in [0.5, 0.6) is 0 Å². The largest absolute Gasteiger partial charge is 2.00 e. The van der Waals surface area contributed by atoms with Gasteiger partial charge in [0.1, 0.15) is 0 Å². The first-order chi connectivity index (χ1) is 5.79. The van der Waals surface area contributed by atoms with Crippen LogP contribution in [0.3, 0.4) is 0 Å². The van der Waals surface area contributed by atoms with E-state index in [0.29, 0.717) is 0 Å². The normalized spacial score (nSPS) is 16.1. The van der Waals surface area contributed by atoms with E-state index in [-0.39, 0.29) is 61.6 Å². The van der Waals surface area contributed by atoms with E-state index in [1.165, 1.54) is 51.4 Å². The Hall–Kier alpha value is 1.38. The third-order valence-electron chi connectivity index (χ3n) is 2.80. The standard InChI is InChI=1S/2C5H11P.4CH4.2CH3.Fe/c2*6-5-3-1-2-4-5;;;;;;;/h2*5H,1-4,6H2;4*1H4;2*1H3;/q;;;;;;2*-1;+2. The second kappa shape index (κ2) is 27.7. The van der Waals surface area contributed by atoms with Crippen LogP contribution in [0, 0.1) is 14.9 Å². The second-order valence-corrected chi connectivity index (χ2v) is 5.97. The molecule has 19 heavy (non-hydrogen) atoms.